The number of halogens is 2. The van der Waals surface area contributed by atoms with Crippen LogP contribution in [0.5, 0.6) is 0 Å². The molecule has 4 nitrogen and oxygen atoms in total. The van der Waals surface area contributed by atoms with E-state index >= 15 is 0 Å². The minimum absolute atomic E-state index is 0.120. The molecule has 114 valence electrons. The molecule has 0 atom stereocenters. The van der Waals surface area contributed by atoms with Gasteiger partial charge in [-0.25, -0.2) is 4.98 Å². The van der Waals surface area contributed by atoms with Crippen LogP contribution in [0, 0.1) is 0 Å². The lowest BCUT2D eigenvalue weighted by atomic mass is 10.2. The van der Waals surface area contributed by atoms with Gasteiger partial charge in [-0.05, 0) is 28.0 Å². The summed E-state index contributed by atoms with van der Waals surface area (Å²) in [7, 11) is -1.12. The van der Waals surface area contributed by atoms with Crippen LogP contribution in [0.2, 0.25) is 30.8 Å². The highest BCUT2D eigenvalue weighted by atomic mass is 79.9. The molecule has 0 N–H and O–H groups in total. The topological polar surface area (TPSA) is 44.1 Å². The number of hydrogen-bond donors (Lipinski definition) is 0. The molecule has 0 fully saturated rings. The first-order chi connectivity index (χ1) is 9.78. The largest absolute Gasteiger partial charge is 0.361 e. The van der Waals surface area contributed by atoms with Crippen molar-refractivity contribution in [1.29, 1.82) is 0 Å². The molecular weight excluding hydrogens is 372 g/mol. The standard InChI is InChI=1S/C14H18BrClN2O2Si/c1-21(2,3)5-4-20-9-18-8-12(15)10-6-13(16)17-7-11(10)14(18)19/h6-8H,4-5,9H2,1-3H3. The van der Waals surface area contributed by atoms with Crippen molar-refractivity contribution in [1.82, 2.24) is 9.55 Å². The molecule has 7 heteroatoms. The Kier molecular flexibility index (Phi) is 5.24. The lowest BCUT2D eigenvalue weighted by Crippen LogP contribution is -2.25. The quantitative estimate of drug-likeness (QED) is 0.439. The van der Waals surface area contributed by atoms with E-state index in [0.29, 0.717) is 17.1 Å². The van der Waals surface area contributed by atoms with Gasteiger partial charge in [0.15, 0.2) is 0 Å². The zero-order valence-corrected chi connectivity index (χ0v) is 15.7. The van der Waals surface area contributed by atoms with E-state index in [1.165, 1.54) is 6.20 Å². The zero-order chi connectivity index (χ0) is 15.6. The molecule has 0 spiro atoms. The summed E-state index contributed by atoms with van der Waals surface area (Å²) in [5.74, 6) is 0. The van der Waals surface area contributed by atoms with Crippen molar-refractivity contribution in [3.63, 3.8) is 0 Å². The van der Waals surface area contributed by atoms with Crippen molar-refractivity contribution in [3.05, 3.63) is 38.4 Å². The van der Waals surface area contributed by atoms with Crippen LogP contribution in [0.15, 0.2) is 27.7 Å². The Labute approximate surface area is 138 Å². The van der Waals surface area contributed by atoms with Crippen molar-refractivity contribution in [2.75, 3.05) is 6.61 Å². The Morgan fingerprint density at radius 1 is 1.38 bits per heavy atom. The summed E-state index contributed by atoms with van der Waals surface area (Å²) in [6, 6.07) is 2.76. The fraction of sp³-hybridized carbons (Fsp3) is 0.429. The molecule has 2 rings (SSSR count). The number of rotatable bonds is 5. The van der Waals surface area contributed by atoms with Gasteiger partial charge in [0, 0.05) is 36.9 Å². The highest BCUT2D eigenvalue weighted by molar-refractivity contribution is 9.10. The molecule has 0 saturated heterocycles. The molecule has 0 aliphatic rings. The molecule has 0 unspecified atom stereocenters. The van der Waals surface area contributed by atoms with Crippen molar-refractivity contribution >= 4 is 46.4 Å². The molecule has 0 aromatic carbocycles. The Balaban J connectivity index is 2.20. The van der Waals surface area contributed by atoms with Crippen LogP contribution in [0.1, 0.15) is 0 Å². The van der Waals surface area contributed by atoms with E-state index in [-0.39, 0.29) is 12.3 Å². The maximum atomic E-state index is 12.4. The van der Waals surface area contributed by atoms with E-state index in [1.807, 2.05) is 0 Å². The first-order valence-corrected chi connectivity index (χ1v) is 11.6. The smallest absolute Gasteiger partial charge is 0.261 e. The second-order valence-corrected chi connectivity index (χ2v) is 13.0. The predicted molar refractivity (Wildman–Crippen MR) is 92.8 cm³/mol. The Bertz CT molecular complexity index is 712. The minimum Gasteiger partial charge on any atom is -0.361 e. The van der Waals surface area contributed by atoms with E-state index in [0.717, 1.165) is 15.9 Å². The van der Waals surface area contributed by atoms with Crippen LogP contribution >= 0.6 is 27.5 Å². The lowest BCUT2D eigenvalue weighted by Gasteiger charge is -2.16. The lowest BCUT2D eigenvalue weighted by molar-refractivity contribution is 0.0850. The third-order valence-corrected chi connectivity index (χ3v) is 5.66. The van der Waals surface area contributed by atoms with Crippen LogP contribution in [0.3, 0.4) is 0 Å². The third kappa shape index (κ3) is 4.39. The van der Waals surface area contributed by atoms with Gasteiger partial charge in [0.05, 0.1) is 5.39 Å². The van der Waals surface area contributed by atoms with Crippen molar-refractivity contribution in [2.45, 2.75) is 32.4 Å². The number of ether oxygens (including phenoxy) is 1. The van der Waals surface area contributed by atoms with Crippen LogP contribution < -0.4 is 5.56 Å². The van der Waals surface area contributed by atoms with E-state index in [1.54, 1.807) is 16.8 Å². The average Bonchev–Trinajstić information content (AvgIpc) is 2.39. The maximum absolute atomic E-state index is 12.4. The predicted octanol–water partition coefficient (Wildman–Crippen LogP) is 4.12. The molecule has 0 aliphatic heterocycles. The summed E-state index contributed by atoms with van der Waals surface area (Å²) in [6.07, 6.45) is 3.23. The monoisotopic (exact) mass is 388 g/mol. The van der Waals surface area contributed by atoms with Crippen molar-refractivity contribution in [3.8, 4) is 0 Å². The molecule has 0 bridgehead atoms. The zero-order valence-electron chi connectivity index (χ0n) is 12.3. The number of aromatic nitrogens is 2. The Morgan fingerprint density at radius 3 is 2.76 bits per heavy atom. The molecule has 0 saturated carbocycles. The Hall–Kier alpha value is -0.693. The summed E-state index contributed by atoms with van der Waals surface area (Å²) in [4.78, 5) is 16.3. The van der Waals surface area contributed by atoms with Crippen molar-refractivity contribution in [2.24, 2.45) is 0 Å². The number of pyridine rings is 2. The fourth-order valence-corrected chi connectivity index (χ4v) is 3.34. The molecule has 0 amide bonds. The number of hydrogen-bond acceptors (Lipinski definition) is 3. The minimum atomic E-state index is -1.12. The van der Waals surface area contributed by atoms with Crippen LogP contribution in [0.4, 0.5) is 0 Å². The molecular formula is C14H18BrClN2O2Si. The van der Waals surface area contributed by atoms with Gasteiger partial charge >= 0.3 is 0 Å². The van der Waals surface area contributed by atoms with Gasteiger partial charge in [0.1, 0.15) is 11.9 Å². The van der Waals surface area contributed by atoms with Gasteiger partial charge in [0.2, 0.25) is 0 Å². The molecule has 21 heavy (non-hydrogen) atoms. The van der Waals surface area contributed by atoms with E-state index in [9.17, 15) is 4.79 Å². The van der Waals surface area contributed by atoms with Crippen LogP contribution in [-0.4, -0.2) is 24.2 Å². The fourth-order valence-electron chi connectivity index (χ4n) is 1.85. The molecule has 0 aliphatic carbocycles. The number of fused-ring (bicyclic) bond motifs is 1. The van der Waals surface area contributed by atoms with Gasteiger partial charge < -0.3 is 4.74 Å². The van der Waals surface area contributed by atoms with Gasteiger partial charge in [-0.3, -0.25) is 9.36 Å². The average molecular weight is 390 g/mol. The summed E-state index contributed by atoms with van der Waals surface area (Å²) in [5.41, 5.74) is -0.120. The summed E-state index contributed by atoms with van der Waals surface area (Å²) in [6.45, 7) is 7.82. The van der Waals surface area contributed by atoms with E-state index < -0.39 is 8.07 Å². The second-order valence-electron chi connectivity index (χ2n) is 6.15. The number of nitrogens with zero attached hydrogens (tertiary/aromatic N) is 2. The van der Waals surface area contributed by atoms with Gasteiger partial charge in [-0.2, -0.15) is 0 Å². The second kappa shape index (κ2) is 6.60. The first kappa shape index (κ1) is 16.7. The third-order valence-electron chi connectivity index (χ3n) is 3.12. The maximum Gasteiger partial charge on any atom is 0.261 e. The SMILES string of the molecule is C[Si](C)(C)CCOCn1cc(Br)c2cc(Cl)ncc2c1=O. The first-order valence-electron chi connectivity index (χ1n) is 6.70. The highest BCUT2D eigenvalue weighted by Gasteiger charge is 2.13. The van der Waals surface area contributed by atoms with Crippen molar-refractivity contribution < 1.29 is 4.74 Å². The van der Waals surface area contributed by atoms with E-state index in [4.69, 9.17) is 16.3 Å². The van der Waals surface area contributed by atoms with Gasteiger partial charge in [0.25, 0.3) is 5.56 Å². The van der Waals surface area contributed by atoms with Gasteiger partial charge in [-0.15, -0.1) is 0 Å². The highest BCUT2D eigenvalue weighted by Crippen LogP contribution is 2.22. The molecule has 0 radical (unpaired) electrons. The van der Waals surface area contributed by atoms with Gasteiger partial charge in [-0.1, -0.05) is 31.2 Å². The van der Waals surface area contributed by atoms with Crippen LogP contribution in [-0.2, 0) is 11.5 Å². The normalized spacial score (nSPS) is 12.0. The molecule has 2 aromatic rings. The summed E-state index contributed by atoms with van der Waals surface area (Å²) >= 11 is 9.33. The Morgan fingerprint density at radius 2 is 2.10 bits per heavy atom. The summed E-state index contributed by atoms with van der Waals surface area (Å²) < 4.78 is 7.98. The van der Waals surface area contributed by atoms with Crippen LogP contribution in [0.25, 0.3) is 10.8 Å². The van der Waals surface area contributed by atoms with E-state index in [2.05, 4.69) is 40.6 Å². The molecule has 2 aromatic heterocycles. The summed E-state index contributed by atoms with van der Waals surface area (Å²) in [5, 5.41) is 1.66. The molecule has 2 heterocycles.